The molecule has 0 nitrogen and oxygen atoms in total. The maximum absolute atomic E-state index is 3.40. The smallest absolute Gasteiger partial charge is 0.0822 e. The SMILES string of the molecule is CCCc1ccc(-c2ccc(C#Cc3sc4cc(CC)sc4c3C)cc2)cc1. The molecule has 0 spiro atoms. The summed E-state index contributed by atoms with van der Waals surface area (Å²) in [5, 5.41) is 0. The van der Waals surface area contributed by atoms with Gasteiger partial charge < -0.3 is 0 Å². The second kappa shape index (κ2) is 8.35. The molecule has 0 radical (unpaired) electrons. The number of hydrogen-bond donors (Lipinski definition) is 0. The van der Waals surface area contributed by atoms with Gasteiger partial charge in [0.2, 0.25) is 0 Å². The highest BCUT2D eigenvalue weighted by Gasteiger charge is 2.10. The monoisotopic (exact) mass is 400 g/mol. The van der Waals surface area contributed by atoms with E-state index in [1.165, 1.54) is 47.8 Å². The van der Waals surface area contributed by atoms with E-state index in [0.717, 1.165) is 18.4 Å². The van der Waals surface area contributed by atoms with Crippen LogP contribution in [-0.4, -0.2) is 0 Å². The first kappa shape index (κ1) is 19.0. The minimum atomic E-state index is 1.07. The normalized spacial score (nSPS) is 10.8. The summed E-state index contributed by atoms with van der Waals surface area (Å²) in [7, 11) is 0. The molecule has 0 amide bonds. The Labute approximate surface area is 175 Å². The molecule has 0 aliphatic heterocycles. The van der Waals surface area contributed by atoms with Crippen molar-refractivity contribution in [1.29, 1.82) is 0 Å². The third-order valence-corrected chi connectivity index (χ3v) is 7.70. The Morgan fingerprint density at radius 1 is 0.821 bits per heavy atom. The van der Waals surface area contributed by atoms with Gasteiger partial charge in [0.25, 0.3) is 0 Å². The first-order chi connectivity index (χ1) is 13.7. The van der Waals surface area contributed by atoms with Gasteiger partial charge in [0.1, 0.15) is 0 Å². The fraction of sp³-hybridized carbons (Fsp3) is 0.231. The fourth-order valence-corrected chi connectivity index (χ4v) is 5.78. The van der Waals surface area contributed by atoms with Crippen molar-refractivity contribution in [1.82, 2.24) is 0 Å². The topological polar surface area (TPSA) is 0 Å². The van der Waals surface area contributed by atoms with Crippen molar-refractivity contribution in [3.05, 3.63) is 81.0 Å². The lowest BCUT2D eigenvalue weighted by atomic mass is 10.0. The van der Waals surface area contributed by atoms with E-state index >= 15 is 0 Å². The van der Waals surface area contributed by atoms with Gasteiger partial charge in [0.15, 0.2) is 0 Å². The average molecular weight is 401 g/mol. The van der Waals surface area contributed by atoms with Gasteiger partial charge in [0, 0.05) is 19.8 Å². The van der Waals surface area contributed by atoms with Crippen molar-refractivity contribution in [2.75, 3.05) is 0 Å². The summed E-state index contributed by atoms with van der Waals surface area (Å²) in [4.78, 5) is 2.65. The highest BCUT2D eigenvalue weighted by Crippen LogP contribution is 2.37. The van der Waals surface area contributed by atoms with Crippen molar-refractivity contribution in [2.24, 2.45) is 0 Å². The molecule has 0 aliphatic carbocycles. The van der Waals surface area contributed by atoms with Crippen LogP contribution in [0.15, 0.2) is 54.6 Å². The molecule has 28 heavy (non-hydrogen) atoms. The molecule has 140 valence electrons. The molecule has 2 heterocycles. The molecule has 0 aliphatic rings. The van der Waals surface area contributed by atoms with Gasteiger partial charge in [0.05, 0.1) is 4.88 Å². The summed E-state index contributed by atoms with van der Waals surface area (Å²) in [5.41, 5.74) is 6.32. The predicted octanol–water partition coefficient (Wildman–Crippen LogP) is 7.85. The zero-order valence-electron chi connectivity index (χ0n) is 16.6. The Bertz CT molecular complexity index is 1140. The van der Waals surface area contributed by atoms with E-state index in [2.05, 4.69) is 87.2 Å². The second-order valence-corrected chi connectivity index (χ2v) is 9.28. The molecule has 2 heteroatoms. The maximum atomic E-state index is 3.40. The molecule has 4 aromatic rings. The Hall–Kier alpha value is -2.34. The largest absolute Gasteiger partial charge is 0.139 e. The number of benzene rings is 2. The van der Waals surface area contributed by atoms with Crippen molar-refractivity contribution in [3.63, 3.8) is 0 Å². The predicted molar refractivity (Wildman–Crippen MR) is 126 cm³/mol. The van der Waals surface area contributed by atoms with Crippen LogP contribution in [0.5, 0.6) is 0 Å². The van der Waals surface area contributed by atoms with E-state index in [1.807, 2.05) is 22.7 Å². The number of fused-ring (bicyclic) bond motifs is 1. The van der Waals surface area contributed by atoms with Gasteiger partial charge in [-0.1, -0.05) is 68.5 Å². The molecule has 2 aromatic heterocycles. The first-order valence-electron chi connectivity index (χ1n) is 9.91. The van der Waals surface area contributed by atoms with E-state index in [4.69, 9.17) is 0 Å². The van der Waals surface area contributed by atoms with Crippen molar-refractivity contribution in [2.45, 2.75) is 40.0 Å². The summed E-state index contributed by atoms with van der Waals surface area (Å²) in [6.45, 7) is 6.63. The van der Waals surface area contributed by atoms with E-state index in [9.17, 15) is 0 Å². The molecule has 0 bridgehead atoms. The van der Waals surface area contributed by atoms with E-state index < -0.39 is 0 Å². The number of hydrogen-bond acceptors (Lipinski definition) is 2. The number of thiophene rings is 2. The molecule has 0 fully saturated rings. The molecule has 0 N–H and O–H groups in total. The van der Waals surface area contributed by atoms with E-state index in [0.29, 0.717) is 0 Å². The quantitative estimate of drug-likeness (QED) is 0.306. The molecule has 0 unspecified atom stereocenters. The summed E-state index contributed by atoms with van der Waals surface area (Å²) < 4.78 is 2.79. The van der Waals surface area contributed by atoms with Gasteiger partial charge in [-0.25, -0.2) is 0 Å². The summed E-state index contributed by atoms with van der Waals surface area (Å²) in [6, 6.07) is 19.8. The van der Waals surface area contributed by atoms with Crippen molar-refractivity contribution in [3.8, 4) is 23.0 Å². The van der Waals surface area contributed by atoms with E-state index in [-0.39, 0.29) is 0 Å². The minimum Gasteiger partial charge on any atom is -0.139 e. The molecule has 2 aromatic carbocycles. The Morgan fingerprint density at radius 3 is 2.11 bits per heavy atom. The molecule has 0 saturated carbocycles. The second-order valence-electron chi connectivity index (χ2n) is 7.09. The Morgan fingerprint density at radius 2 is 1.50 bits per heavy atom. The highest BCUT2D eigenvalue weighted by atomic mass is 32.1. The number of aryl methyl sites for hydroxylation is 3. The molecular formula is C26H24S2. The fourth-order valence-electron chi connectivity index (χ4n) is 3.37. The van der Waals surface area contributed by atoms with Gasteiger partial charge in [-0.3, -0.25) is 0 Å². The molecule has 0 atom stereocenters. The standard InChI is InChI=1S/C26H24S2/c1-4-6-19-7-12-21(13-8-19)22-14-9-20(10-15-22)11-16-24-18(3)26-25(28-24)17-23(5-2)27-26/h7-10,12-15,17H,4-6H2,1-3H3. The van der Waals surface area contributed by atoms with Gasteiger partial charge in [-0.15, -0.1) is 22.7 Å². The third-order valence-electron chi connectivity index (χ3n) is 5.02. The summed E-state index contributed by atoms with van der Waals surface area (Å²) in [6.07, 6.45) is 3.45. The lowest BCUT2D eigenvalue weighted by Crippen LogP contribution is -1.84. The Kier molecular flexibility index (Phi) is 5.67. The lowest BCUT2D eigenvalue weighted by Gasteiger charge is -2.04. The first-order valence-corrected chi connectivity index (χ1v) is 11.5. The van der Waals surface area contributed by atoms with E-state index in [1.54, 1.807) is 0 Å². The van der Waals surface area contributed by atoms with Crippen LogP contribution < -0.4 is 0 Å². The average Bonchev–Trinajstić information content (AvgIpc) is 3.26. The van der Waals surface area contributed by atoms with Crippen LogP contribution in [0.2, 0.25) is 0 Å². The Balaban J connectivity index is 1.54. The van der Waals surface area contributed by atoms with Crippen molar-refractivity contribution >= 4 is 32.1 Å². The van der Waals surface area contributed by atoms with Gasteiger partial charge in [-0.05, 0) is 60.2 Å². The van der Waals surface area contributed by atoms with Crippen LogP contribution in [-0.2, 0) is 12.8 Å². The van der Waals surface area contributed by atoms with Crippen LogP contribution in [0.1, 0.15) is 46.7 Å². The molecule has 4 rings (SSSR count). The van der Waals surface area contributed by atoms with Gasteiger partial charge in [-0.2, -0.15) is 0 Å². The highest BCUT2D eigenvalue weighted by molar-refractivity contribution is 7.28. The van der Waals surface area contributed by atoms with Crippen LogP contribution >= 0.6 is 22.7 Å². The number of rotatable bonds is 4. The zero-order chi connectivity index (χ0) is 19.5. The van der Waals surface area contributed by atoms with Crippen LogP contribution in [0, 0.1) is 18.8 Å². The summed E-state index contributed by atoms with van der Waals surface area (Å²) in [5.74, 6) is 6.75. The maximum Gasteiger partial charge on any atom is 0.0822 e. The van der Waals surface area contributed by atoms with Crippen molar-refractivity contribution < 1.29 is 0 Å². The molecular weight excluding hydrogens is 376 g/mol. The molecule has 0 saturated heterocycles. The van der Waals surface area contributed by atoms with Gasteiger partial charge >= 0.3 is 0 Å². The minimum absolute atomic E-state index is 1.07. The van der Waals surface area contributed by atoms with Crippen LogP contribution in [0.25, 0.3) is 20.5 Å². The third kappa shape index (κ3) is 3.92. The summed E-state index contributed by atoms with van der Waals surface area (Å²) >= 11 is 3.73. The van der Waals surface area contributed by atoms with Crippen LogP contribution in [0.3, 0.4) is 0 Å². The van der Waals surface area contributed by atoms with Crippen LogP contribution in [0.4, 0.5) is 0 Å². The zero-order valence-corrected chi connectivity index (χ0v) is 18.3. The lowest BCUT2D eigenvalue weighted by molar-refractivity contribution is 0.922.